The zero-order chi connectivity index (χ0) is 24.9. The molecule has 1 amide bonds. The molecule has 0 saturated carbocycles. The monoisotopic (exact) mass is 621 g/mol. The SMILES string of the molecule is COc1cc(/C=N/NC(=O)c2cc3cc([N+](=O)[O-])ccc3s2)cc(I)c1OCc1ccc(Cl)cc1. The number of carbonyl (C=O) groups excluding carboxylic acids is 1. The minimum Gasteiger partial charge on any atom is -0.493 e. The first-order valence-corrected chi connectivity index (χ1v) is 12.4. The van der Waals surface area contributed by atoms with Gasteiger partial charge in [-0.05, 0) is 70.1 Å². The van der Waals surface area contributed by atoms with E-state index < -0.39 is 10.8 Å². The van der Waals surface area contributed by atoms with Gasteiger partial charge in [0.25, 0.3) is 11.6 Å². The number of ether oxygens (including phenoxy) is 2. The fourth-order valence-electron chi connectivity index (χ4n) is 3.17. The van der Waals surface area contributed by atoms with Crippen molar-refractivity contribution in [2.45, 2.75) is 6.61 Å². The second-order valence-electron chi connectivity index (χ2n) is 7.24. The highest BCUT2D eigenvalue weighted by molar-refractivity contribution is 14.1. The fraction of sp³-hybridized carbons (Fsp3) is 0.0833. The summed E-state index contributed by atoms with van der Waals surface area (Å²) in [7, 11) is 1.55. The molecule has 0 fully saturated rings. The van der Waals surface area contributed by atoms with Crippen LogP contribution in [0.2, 0.25) is 5.02 Å². The van der Waals surface area contributed by atoms with Crippen LogP contribution in [-0.2, 0) is 6.61 Å². The number of thiophene rings is 1. The second kappa shape index (κ2) is 11.0. The van der Waals surface area contributed by atoms with Crippen molar-refractivity contribution in [1.29, 1.82) is 0 Å². The number of amides is 1. The van der Waals surface area contributed by atoms with Crippen LogP contribution in [0, 0.1) is 13.7 Å². The smallest absolute Gasteiger partial charge is 0.281 e. The molecule has 0 radical (unpaired) electrons. The topological polar surface area (TPSA) is 103 Å². The van der Waals surface area contributed by atoms with Crippen LogP contribution in [-0.4, -0.2) is 24.2 Å². The Kier molecular flexibility index (Phi) is 7.83. The van der Waals surface area contributed by atoms with E-state index in [-0.39, 0.29) is 5.69 Å². The minimum absolute atomic E-state index is 0.0237. The Hall–Kier alpha value is -3.22. The summed E-state index contributed by atoms with van der Waals surface area (Å²) in [6.45, 7) is 0.353. The molecule has 0 bridgehead atoms. The van der Waals surface area contributed by atoms with Gasteiger partial charge >= 0.3 is 0 Å². The molecule has 0 saturated heterocycles. The first kappa shape index (κ1) is 24.9. The molecule has 4 rings (SSSR count). The number of non-ortho nitro benzene ring substituents is 1. The van der Waals surface area contributed by atoms with E-state index in [2.05, 4.69) is 33.1 Å². The average Bonchev–Trinajstić information content (AvgIpc) is 3.27. The number of hydrazone groups is 1. The van der Waals surface area contributed by atoms with Gasteiger partial charge in [-0.2, -0.15) is 5.10 Å². The first-order valence-electron chi connectivity index (χ1n) is 10.1. The lowest BCUT2D eigenvalue weighted by Gasteiger charge is -2.13. The summed E-state index contributed by atoms with van der Waals surface area (Å²) in [6.07, 6.45) is 1.50. The molecule has 1 aromatic heterocycles. The molecule has 0 atom stereocenters. The van der Waals surface area contributed by atoms with Gasteiger partial charge in [-0.3, -0.25) is 14.9 Å². The number of nitrogens with zero attached hydrogens (tertiary/aromatic N) is 2. The Labute approximate surface area is 222 Å². The summed E-state index contributed by atoms with van der Waals surface area (Å²) in [4.78, 5) is 23.4. The predicted molar refractivity (Wildman–Crippen MR) is 145 cm³/mol. The van der Waals surface area contributed by atoms with E-state index in [4.69, 9.17) is 21.1 Å². The molecule has 0 unspecified atom stereocenters. The van der Waals surface area contributed by atoms with Crippen LogP contribution in [0.5, 0.6) is 11.5 Å². The Bertz CT molecular complexity index is 1440. The zero-order valence-electron chi connectivity index (χ0n) is 18.2. The number of fused-ring (bicyclic) bond motifs is 1. The summed E-state index contributed by atoms with van der Waals surface area (Å²) in [5, 5.41) is 16.3. The molecular weight excluding hydrogens is 605 g/mol. The van der Waals surface area contributed by atoms with Crippen LogP contribution in [0.3, 0.4) is 0 Å². The highest BCUT2D eigenvalue weighted by Crippen LogP contribution is 2.34. The first-order chi connectivity index (χ1) is 16.8. The number of nitrogens with one attached hydrogen (secondary N) is 1. The van der Waals surface area contributed by atoms with Crippen molar-refractivity contribution < 1.29 is 19.2 Å². The van der Waals surface area contributed by atoms with Crippen LogP contribution >= 0.6 is 45.5 Å². The molecule has 0 aliphatic heterocycles. The van der Waals surface area contributed by atoms with Crippen LogP contribution in [0.25, 0.3) is 10.1 Å². The molecule has 1 heterocycles. The Morgan fingerprint density at radius 3 is 2.69 bits per heavy atom. The quantitative estimate of drug-likeness (QED) is 0.106. The molecule has 0 spiro atoms. The molecule has 0 aliphatic rings. The van der Waals surface area contributed by atoms with E-state index in [1.54, 1.807) is 37.4 Å². The maximum Gasteiger partial charge on any atom is 0.281 e. The summed E-state index contributed by atoms with van der Waals surface area (Å²) in [6, 6.07) is 17.1. The number of hydrogen-bond donors (Lipinski definition) is 1. The van der Waals surface area contributed by atoms with Crippen molar-refractivity contribution >= 4 is 73.4 Å². The maximum atomic E-state index is 12.5. The van der Waals surface area contributed by atoms with E-state index in [1.165, 1.54) is 29.7 Å². The van der Waals surface area contributed by atoms with Gasteiger partial charge < -0.3 is 9.47 Å². The van der Waals surface area contributed by atoms with Gasteiger partial charge in [0.15, 0.2) is 11.5 Å². The largest absolute Gasteiger partial charge is 0.493 e. The second-order valence-corrected chi connectivity index (χ2v) is 9.92. The van der Waals surface area contributed by atoms with Gasteiger partial charge in [-0.15, -0.1) is 11.3 Å². The molecule has 178 valence electrons. The van der Waals surface area contributed by atoms with E-state index in [0.717, 1.165) is 13.8 Å². The maximum absolute atomic E-state index is 12.5. The van der Waals surface area contributed by atoms with Crippen molar-refractivity contribution in [2.24, 2.45) is 5.10 Å². The summed E-state index contributed by atoms with van der Waals surface area (Å²) < 4.78 is 13.0. The Morgan fingerprint density at radius 2 is 1.97 bits per heavy atom. The highest BCUT2D eigenvalue weighted by Gasteiger charge is 2.14. The standard InChI is InChI=1S/C24H17ClIN3O5S/c1-33-20-9-15(8-19(26)23(20)34-13-14-2-4-17(25)5-3-14)12-27-28-24(30)22-11-16-10-18(29(31)32)6-7-21(16)35-22/h2-12H,13H2,1H3,(H,28,30)/b27-12+. The molecule has 1 N–H and O–H groups in total. The highest BCUT2D eigenvalue weighted by atomic mass is 127. The number of nitro groups is 1. The van der Waals surface area contributed by atoms with E-state index in [0.29, 0.717) is 39.0 Å². The lowest BCUT2D eigenvalue weighted by atomic mass is 10.2. The summed E-state index contributed by atoms with van der Waals surface area (Å²) >= 11 is 9.31. The lowest BCUT2D eigenvalue weighted by Crippen LogP contribution is -2.16. The third-order valence-corrected chi connectivity index (χ3v) is 7.03. The molecule has 8 nitrogen and oxygen atoms in total. The van der Waals surface area contributed by atoms with E-state index in [9.17, 15) is 14.9 Å². The number of benzene rings is 3. The number of rotatable bonds is 8. The zero-order valence-corrected chi connectivity index (χ0v) is 21.9. The Morgan fingerprint density at radius 1 is 1.20 bits per heavy atom. The Balaban J connectivity index is 1.44. The predicted octanol–water partition coefficient (Wildman–Crippen LogP) is 6.42. The average molecular weight is 622 g/mol. The van der Waals surface area contributed by atoms with Crippen molar-refractivity contribution in [3.8, 4) is 11.5 Å². The number of carbonyl (C=O) groups is 1. The van der Waals surface area contributed by atoms with E-state index >= 15 is 0 Å². The number of nitro benzene ring substituents is 1. The van der Waals surface area contributed by atoms with Gasteiger partial charge in [-0.1, -0.05) is 23.7 Å². The van der Waals surface area contributed by atoms with Gasteiger partial charge in [0.1, 0.15) is 6.61 Å². The third-order valence-electron chi connectivity index (χ3n) is 4.86. The summed E-state index contributed by atoms with van der Waals surface area (Å²) in [5.41, 5.74) is 4.14. The molecule has 11 heteroatoms. The van der Waals surface area contributed by atoms with Gasteiger partial charge in [0.05, 0.1) is 26.7 Å². The molecule has 3 aromatic carbocycles. The van der Waals surface area contributed by atoms with Crippen LogP contribution in [0.15, 0.2) is 65.8 Å². The van der Waals surface area contributed by atoms with Gasteiger partial charge in [0, 0.05) is 27.2 Å². The minimum atomic E-state index is -0.467. The number of halogens is 2. The van der Waals surface area contributed by atoms with Crippen molar-refractivity contribution in [2.75, 3.05) is 7.11 Å². The number of hydrogen-bond acceptors (Lipinski definition) is 7. The van der Waals surface area contributed by atoms with Crippen LogP contribution in [0.1, 0.15) is 20.8 Å². The van der Waals surface area contributed by atoms with Gasteiger partial charge in [0.2, 0.25) is 0 Å². The van der Waals surface area contributed by atoms with Crippen molar-refractivity contribution in [3.63, 3.8) is 0 Å². The molecule has 4 aromatic rings. The summed E-state index contributed by atoms with van der Waals surface area (Å²) in [5.74, 6) is 0.725. The van der Waals surface area contributed by atoms with Crippen LogP contribution in [0.4, 0.5) is 5.69 Å². The van der Waals surface area contributed by atoms with Crippen molar-refractivity contribution in [1.82, 2.24) is 5.43 Å². The van der Waals surface area contributed by atoms with Crippen LogP contribution < -0.4 is 14.9 Å². The molecular formula is C24H17ClIN3O5S. The normalized spacial score (nSPS) is 11.1. The molecule has 35 heavy (non-hydrogen) atoms. The molecule has 0 aliphatic carbocycles. The van der Waals surface area contributed by atoms with Gasteiger partial charge in [-0.25, -0.2) is 5.43 Å². The fourth-order valence-corrected chi connectivity index (χ4v) is 5.01. The third kappa shape index (κ3) is 6.08. The van der Waals surface area contributed by atoms with E-state index in [1.807, 2.05) is 18.2 Å². The van der Waals surface area contributed by atoms with Crippen molar-refractivity contribution in [3.05, 3.63) is 95.4 Å². The lowest BCUT2D eigenvalue weighted by molar-refractivity contribution is -0.384. The number of methoxy groups -OCH3 is 1.